The Hall–Kier alpha value is -1.44. The van der Waals surface area contributed by atoms with Gasteiger partial charge in [-0.3, -0.25) is 0 Å². The van der Waals surface area contributed by atoms with Crippen LogP contribution in [-0.4, -0.2) is 6.61 Å². The van der Waals surface area contributed by atoms with E-state index in [2.05, 4.69) is 26.0 Å². The first-order valence-electron chi connectivity index (χ1n) is 8.39. The molecule has 116 valence electrons. The zero-order valence-electron chi connectivity index (χ0n) is 13.5. The number of allylic oxidation sites excluding steroid dienone is 2. The fourth-order valence-corrected chi connectivity index (χ4v) is 2.40. The maximum Gasteiger partial charge on any atom is 0.119 e. The van der Waals surface area contributed by atoms with E-state index in [-0.39, 0.29) is 0 Å². The lowest BCUT2D eigenvalue weighted by molar-refractivity contribution is 0.179. The van der Waals surface area contributed by atoms with E-state index in [0.29, 0.717) is 6.61 Å². The summed E-state index contributed by atoms with van der Waals surface area (Å²) in [6.07, 6.45) is 8.31. The van der Waals surface area contributed by atoms with Crippen molar-refractivity contribution in [1.82, 2.24) is 0 Å². The van der Waals surface area contributed by atoms with Crippen LogP contribution in [0.25, 0.3) is 0 Å². The van der Waals surface area contributed by atoms with Gasteiger partial charge in [-0.2, -0.15) is 0 Å². The molecule has 0 heterocycles. The Balaban J connectivity index is 1.82. The Bertz CT molecular complexity index is 439. The molecule has 2 heteroatoms. The van der Waals surface area contributed by atoms with Gasteiger partial charge >= 0.3 is 0 Å². The molecule has 21 heavy (non-hydrogen) atoms. The van der Waals surface area contributed by atoms with Gasteiger partial charge in [-0.25, -0.2) is 0 Å². The Morgan fingerprint density at radius 2 is 1.81 bits per heavy atom. The third-order valence-electron chi connectivity index (χ3n) is 3.93. The molecule has 1 aliphatic carbocycles. The number of unbranched alkanes of at least 4 members (excludes halogenated alkanes) is 1. The highest BCUT2D eigenvalue weighted by Gasteiger charge is 2.15. The molecule has 0 spiro atoms. The predicted octanol–water partition coefficient (Wildman–Crippen LogP) is 5.62. The Morgan fingerprint density at radius 3 is 2.38 bits per heavy atom. The lowest BCUT2D eigenvalue weighted by atomic mass is 9.90. The lowest BCUT2D eigenvalue weighted by Crippen LogP contribution is -2.05. The molecule has 1 aromatic rings. The molecule has 1 fully saturated rings. The van der Waals surface area contributed by atoms with Crippen LogP contribution in [0.1, 0.15) is 64.4 Å². The second-order valence-electron chi connectivity index (χ2n) is 5.76. The number of hydrogen-bond acceptors (Lipinski definition) is 2. The maximum absolute atomic E-state index is 6.05. The third kappa shape index (κ3) is 5.11. The van der Waals surface area contributed by atoms with Gasteiger partial charge < -0.3 is 9.47 Å². The summed E-state index contributed by atoms with van der Waals surface area (Å²) < 4.78 is 11.7. The molecule has 0 unspecified atom stereocenters. The van der Waals surface area contributed by atoms with Crippen LogP contribution >= 0.6 is 0 Å². The first kappa shape index (κ1) is 15.9. The normalized spacial score (nSPS) is 13.7. The first-order chi connectivity index (χ1) is 10.3. The Labute approximate surface area is 129 Å². The fraction of sp³-hybridized carbons (Fsp3) is 0.579. The largest absolute Gasteiger partial charge is 0.494 e. The van der Waals surface area contributed by atoms with E-state index in [0.717, 1.165) is 31.6 Å². The molecule has 2 rings (SSSR count). The Morgan fingerprint density at radius 1 is 1.05 bits per heavy atom. The second kappa shape index (κ2) is 8.76. The van der Waals surface area contributed by atoms with Crippen LogP contribution in [0.15, 0.2) is 35.6 Å². The molecule has 0 aromatic heterocycles. The molecule has 0 saturated heterocycles. The van der Waals surface area contributed by atoms with Crippen molar-refractivity contribution in [1.29, 1.82) is 0 Å². The smallest absolute Gasteiger partial charge is 0.119 e. The van der Waals surface area contributed by atoms with Crippen molar-refractivity contribution in [2.45, 2.75) is 65.4 Å². The summed E-state index contributed by atoms with van der Waals surface area (Å²) in [5.74, 6) is 2.20. The van der Waals surface area contributed by atoms with Gasteiger partial charge in [0.25, 0.3) is 0 Å². The van der Waals surface area contributed by atoms with Crippen LogP contribution in [0.3, 0.4) is 0 Å². The van der Waals surface area contributed by atoms with E-state index < -0.39 is 0 Å². The van der Waals surface area contributed by atoms with Crippen molar-refractivity contribution in [2.24, 2.45) is 0 Å². The molecular weight excluding hydrogens is 260 g/mol. The number of ether oxygens (including phenoxy) is 2. The van der Waals surface area contributed by atoms with Crippen molar-refractivity contribution in [3.8, 4) is 5.75 Å². The van der Waals surface area contributed by atoms with E-state index in [4.69, 9.17) is 9.47 Å². The minimum atomic E-state index is 0.675. The first-order valence-corrected chi connectivity index (χ1v) is 8.39. The SMILES string of the molecule is CCCCOc1ccc(COC(CCC)=C2CCC2)cc1. The molecule has 1 saturated carbocycles. The zero-order chi connectivity index (χ0) is 14.9. The minimum Gasteiger partial charge on any atom is -0.494 e. The van der Waals surface area contributed by atoms with E-state index in [9.17, 15) is 0 Å². The van der Waals surface area contributed by atoms with Gasteiger partial charge in [0, 0.05) is 6.42 Å². The summed E-state index contributed by atoms with van der Waals surface area (Å²) in [6.45, 7) is 5.87. The zero-order valence-corrected chi connectivity index (χ0v) is 13.5. The van der Waals surface area contributed by atoms with Crippen LogP contribution in [0.2, 0.25) is 0 Å². The summed E-state index contributed by atoms with van der Waals surface area (Å²) in [5.41, 5.74) is 2.75. The van der Waals surface area contributed by atoms with Crippen molar-refractivity contribution in [3.05, 3.63) is 41.2 Å². The highest BCUT2D eigenvalue weighted by atomic mass is 16.5. The van der Waals surface area contributed by atoms with E-state index in [1.807, 2.05) is 12.1 Å². The third-order valence-corrected chi connectivity index (χ3v) is 3.93. The van der Waals surface area contributed by atoms with Crippen molar-refractivity contribution in [2.75, 3.05) is 6.61 Å². The van der Waals surface area contributed by atoms with E-state index in [1.165, 1.54) is 42.6 Å². The van der Waals surface area contributed by atoms with Gasteiger partial charge in [0.2, 0.25) is 0 Å². The van der Waals surface area contributed by atoms with Crippen LogP contribution in [0.5, 0.6) is 5.75 Å². The van der Waals surface area contributed by atoms with Gasteiger partial charge in [-0.1, -0.05) is 32.4 Å². The van der Waals surface area contributed by atoms with Gasteiger partial charge in [-0.15, -0.1) is 0 Å². The maximum atomic E-state index is 6.05. The average Bonchev–Trinajstić information content (AvgIpc) is 2.45. The molecule has 1 aliphatic rings. The monoisotopic (exact) mass is 288 g/mol. The standard InChI is InChI=1S/C19H28O2/c1-3-5-14-20-18-12-10-16(11-13-18)15-21-19(7-4-2)17-8-6-9-17/h10-13H,3-9,14-15H2,1-2H3. The molecule has 0 atom stereocenters. The summed E-state index contributed by atoms with van der Waals surface area (Å²) >= 11 is 0. The average molecular weight is 288 g/mol. The van der Waals surface area contributed by atoms with Gasteiger partial charge in [0.15, 0.2) is 0 Å². The minimum absolute atomic E-state index is 0.675. The number of benzene rings is 1. The Kier molecular flexibility index (Phi) is 6.65. The number of hydrogen-bond donors (Lipinski definition) is 0. The lowest BCUT2D eigenvalue weighted by Gasteiger charge is -2.22. The molecular formula is C19H28O2. The fourth-order valence-electron chi connectivity index (χ4n) is 2.40. The molecule has 0 aliphatic heterocycles. The van der Waals surface area contributed by atoms with Crippen molar-refractivity contribution in [3.63, 3.8) is 0 Å². The highest BCUT2D eigenvalue weighted by Crippen LogP contribution is 2.31. The van der Waals surface area contributed by atoms with Crippen LogP contribution in [0, 0.1) is 0 Å². The molecule has 0 N–H and O–H groups in total. The predicted molar refractivity (Wildman–Crippen MR) is 87.4 cm³/mol. The molecule has 0 amide bonds. The second-order valence-corrected chi connectivity index (χ2v) is 5.76. The number of rotatable bonds is 9. The van der Waals surface area contributed by atoms with E-state index in [1.54, 1.807) is 0 Å². The van der Waals surface area contributed by atoms with Gasteiger partial charge in [0.05, 0.1) is 12.4 Å². The summed E-state index contributed by atoms with van der Waals surface area (Å²) in [4.78, 5) is 0. The van der Waals surface area contributed by atoms with Gasteiger partial charge in [0.1, 0.15) is 12.4 Å². The topological polar surface area (TPSA) is 18.5 Å². The molecule has 2 nitrogen and oxygen atoms in total. The highest BCUT2D eigenvalue weighted by molar-refractivity contribution is 5.27. The molecule has 0 bridgehead atoms. The van der Waals surface area contributed by atoms with Crippen LogP contribution in [0.4, 0.5) is 0 Å². The summed E-state index contributed by atoms with van der Waals surface area (Å²) in [7, 11) is 0. The van der Waals surface area contributed by atoms with Gasteiger partial charge in [-0.05, 0) is 55.4 Å². The molecule has 0 radical (unpaired) electrons. The summed E-state index contributed by atoms with van der Waals surface area (Å²) in [6, 6.07) is 8.31. The molecule has 1 aromatic carbocycles. The van der Waals surface area contributed by atoms with Crippen molar-refractivity contribution < 1.29 is 9.47 Å². The summed E-state index contributed by atoms with van der Waals surface area (Å²) in [5, 5.41) is 0. The quantitative estimate of drug-likeness (QED) is 0.433. The van der Waals surface area contributed by atoms with Crippen LogP contribution in [-0.2, 0) is 11.3 Å². The van der Waals surface area contributed by atoms with Crippen molar-refractivity contribution >= 4 is 0 Å². The van der Waals surface area contributed by atoms with Crippen LogP contribution < -0.4 is 4.74 Å². The van der Waals surface area contributed by atoms with E-state index >= 15 is 0 Å².